The van der Waals surface area contributed by atoms with Gasteiger partial charge in [-0.1, -0.05) is 6.42 Å². The molecule has 1 fully saturated rings. The SMILES string of the molecule is NS(=O)(=O)Oc1ccc2c(C(=O)c3ccc(OCCN4CCCCC4)cc3)c(-c3ccc(O)cc3)sc2c1. The number of thiophene rings is 1. The van der Waals surface area contributed by atoms with Gasteiger partial charge in [0.25, 0.3) is 0 Å². The van der Waals surface area contributed by atoms with Gasteiger partial charge in [-0.15, -0.1) is 11.3 Å². The van der Waals surface area contributed by atoms with Gasteiger partial charge in [-0.05, 0) is 98.2 Å². The van der Waals surface area contributed by atoms with Crippen LogP contribution in [0.3, 0.4) is 0 Å². The molecular weight excluding hydrogens is 524 g/mol. The summed E-state index contributed by atoms with van der Waals surface area (Å²) < 4.78 is 34.2. The zero-order valence-electron chi connectivity index (χ0n) is 20.6. The average Bonchev–Trinajstić information content (AvgIpc) is 3.27. The molecule has 1 saturated heterocycles. The van der Waals surface area contributed by atoms with E-state index in [1.807, 2.05) is 0 Å². The van der Waals surface area contributed by atoms with E-state index in [2.05, 4.69) is 4.90 Å². The maximum Gasteiger partial charge on any atom is 0.380 e. The Kier molecular flexibility index (Phi) is 7.66. The van der Waals surface area contributed by atoms with Crippen molar-refractivity contribution < 1.29 is 27.2 Å². The molecule has 3 aromatic carbocycles. The first-order valence-electron chi connectivity index (χ1n) is 12.3. The van der Waals surface area contributed by atoms with Crippen LogP contribution in [0.4, 0.5) is 0 Å². The Hall–Kier alpha value is -3.44. The molecule has 8 nitrogen and oxygen atoms in total. The lowest BCUT2D eigenvalue weighted by Gasteiger charge is -2.26. The van der Waals surface area contributed by atoms with Crippen molar-refractivity contribution in [3.63, 3.8) is 0 Å². The largest absolute Gasteiger partial charge is 0.508 e. The fourth-order valence-corrected chi connectivity index (χ4v) is 6.23. The highest BCUT2D eigenvalue weighted by atomic mass is 32.2. The van der Waals surface area contributed by atoms with Gasteiger partial charge in [-0.3, -0.25) is 9.69 Å². The van der Waals surface area contributed by atoms with Crippen LogP contribution in [-0.2, 0) is 10.3 Å². The summed E-state index contributed by atoms with van der Waals surface area (Å²) in [5, 5.41) is 15.4. The lowest BCUT2D eigenvalue weighted by atomic mass is 9.97. The van der Waals surface area contributed by atoms with Crippen molar-refractivity contribution in [2.75, 3.05) is 26.2 Å². The summed E-state index contributed by atoms with van der Waals surface area (Å²) in [5.41, 5.74) is 1.73. The van der Waals surface area contributed by atoms with Crippen LogP contribution in [0.1, 0.15) is 35.2 Å². The van der Waals surface area contributed by atoms with Crippen molar-refractivity contribution in [3.8, 4) is 27.7 Å². The summed E-state index contributed by atoms with van der Waals surface area (Å²) in [4.78, 5) is 16.9. The first kappa shape index (κ1) is 26.2. The number of ketones is 1. The first-order valence-corrected chi connectivity index (χ1v) is 14.6. The summed E-state index contributed by atoms with van der Waals surface area (Å²) in [6.07, 6.45) is 3.77. The Morgan fingerprint density at radius 3 is 2.32 bits per heavy atom. The predicted molar refractivity (Wildman–Crippen MR) is 148 cm³/mol. The number of nitrogens with two attached hydrogens (primary N) is 1. The highest BCUT2D eigenvalue weighted by Crippen LogP contribution is 2.41. The van der Waals surface area contributed by atoms with Crippen molar-refractivity contribution >= 4 is 37.5 Å². The fourth-order valence-electron chi connectivity index (χ4n) is 4.63. The Bertz CT molecular complexity index is 1540. The zero-order chi connectivity index (χ0) is 26.7. The number of carbonyl (C=O) groups excluding carboxylic acids is 1. The number of ether oxygens (including phenoxy) is 1. The summed E-state index contributed by atoms with van der Waals surface area (Å²) in [6, 6.07) is 18.4. The number of aromatic hydroxyl groups is 1. The summed E-state index contributed by atoms with van der Waals surface area (Å²) >= 11 is 1.33. The van der Waals surface area contributed by atoms with Gasteiger partial charge < -0.3 is 14.0 Å². The number of nitrogens with zero attached hydrogens (tertiary/aromatic N) is 1. The average molecular weight is 553 g/mol. The van der Waals surface area contributed by atoms with Crippen LogP contribution in [0.15, 0.2) is 66.7 Å². The second kappa shape index (κ2) is 11.1. The second-order valence-electron chi connectivity index (χ2n) is 9.19. The van der Waals surface area contributed by atoms with Crippen LogP contribution in [0.25, 0.3) is 20.5 Å². The number of rotatable bonds is 9. The van der Waals surface area contributed by atoms with Crippen LogP contribution >= 0.6 is 11.3 Å². The first-order chi connectivity index (χ1) is 18.3. The van der Waals surface area contributed by atoms with Crippen molar-refractivity contribution in [2.45, 2.75) is 19.3 Å². The molecule has 5 rings (SSSR count). The van der Waals surface area contributed by atoms with Crippen LogP contribution in [0, 0.1) is 0 Å². The number of piperidine rings is 1. The fraction of sp³-hybridized carbons (Fsp3) is 0.250. The number of likely N-dealkylation sites (tertiary alicyclic amines) is 1. The molecule has 0 amide bonds. The monoisotopic (exact) mass is 552 g/mol. The lowest BCUT2D eigenvalue weighted by molar-refractivity contribution is 0.104. The standard InChI is InChI=1S/C28H28N2O6S2/c29-38(33,34)36-23-12-13-24-25(18-23)37-28(20-4-8-21(31)9-5-20)26(24)27(32)19-6-10-22(11-7-19)35-17-16-30-14-2-1-3-15-30/h4-13,18,31H,1-3,14-17H2,(H2,29,33,34). The van der Waals surface area contributed by atoms with Crippen LogP contribution in [0.2, 0.25) is 0 Å². The summed E-state index contributed by atoms with van der Waals surface area (Å²) in [5.74, 6) is 0.697. The molecule has 198 valence electrons. The highest BCUT2D eigenvalue weighted by molar-refractivity contribution is 7.84. The van der Waals surface area contributed by atoms with Gasteiger partial charge in [0.1, 0.15) is 23.9 Å². The highest BCUT2D eigenvalue weighted by Gasteiger charge is 2.22. The quantitative estimate of drug-likeness (QED) is 0.282. The smallest absolute Gasteiger partial charge is 0.380 e. The van der Waals surface area contributed by atoms with Crippen molar-refractivity contribution in [1.82, 2.24) is 4.90 Å². The van der Waals surface area contributed by atoms with Gasteiger partial charge in [0.05, 0.1) is 0 Å². The van der Waals surface area contributed by atoms with Crippen LogP contribution < -0.4 is 14.1 Å². The molecule has 1 aromatic heterocycles. The van der Waals surface area contributed by atoms with Crippen molar-refractivity contribution in [3.05, 3.63) is 77.9 Å². The molecule has 0 spiro atoms. The van der Waals surface area contributed by atoms with E-state index in [1.165, 1.54) is 36.7 Å². The number of hydrogen-bond donors (Lipinski definition) is 2. The van der Waals surface area contributed by atoms with E-state index in [-0.39, 0.29) is 17.3 Å². The number of benzene rings is 3. The Morgan fingerprint density at radius 1 is 0.947 bits per heavy atom. The minimum Gasteiger partial charge on any atom is -0.508 e. The topological polar surface area (TPSA) is 119 Å². The third-order valence-corrected chi connectivity index (χ3v) is 8.10. The second-order valence-corrected chi connectivity index (χ2v) is 11.4. The maximum absolute atomic E-state index is 13.8. The van der Waals surface area contributed by atoms with Crippen LogP contribution in [0.5, 0.6) is 17.2 Å². The summed E-state index contributed by atoms with van der Waals surface area (Å²) in [6.45, 7) is 3.71. The number of hydrogen-bond acceptors (Lipinski definition) is 8. The molecule has 0 bridgehead atoms. The van der Waals surface area contributed by atoms with Gasteiger partial charge in [-0.2, -0.15) is 13.6 Å². The number of phenols is 1. The molecule has 38 heavy (non-hydrogen) atoms. The Labute approximate surface area is 225 Å². The van der Waals surface area contributed by atoms with Gasteiger partial charge in [-0.25, -0.2) is 0 Å². The molecule has 3 N–H and O–H groups in total. The minimum absolute atomic E-state index is 0.0589. The molecule has 0 unspecified atom stereocenters. The van der Waals surface area contributed by atoms with E-state index >= 15 is 0 Å². The van der Waals surface area contributed by atoms with E-state index in [9.17, 15) is 18.3 Å². The van der Waals surface area contributed by atoms with Crippen molar-refractivity contribution in [1.29, 1.82) is 0 Å². The van der Waals surface area contributed by atoms with Crippen molar-refractivity contribution in [2.24, 2.45) is 5.14 Å². The zero-order valence-corrected chi connectivity index (χ0v) is 22.3. The van der Waals surface area contributed by atoms with Crippen LogP contribution in [-0.4, -0.2) is 50.4 Å². The number of carbonyl (C=O) groups is 1. The normalized spacial score (nSPS) is 14.4. The molecule has 1 aliphatic rings. The third-order valence-electron chi connectivity index (χ3n) is 6.47. The van der Waals surface area contributed by atoms with Gasteiger partial charge in [0.15, 0.2) is 5.78 Å². The minimum atomic E-state index is -4.19. The number of fused-ring (bicyclic) bond motifs is 1. The van der Waals surface area contributed by atoms with E-state index in [1.54, 1.807) is 60.7 Å². The molecule has 0 radical (unpaired) electrons. The maximum atomic E-state index is 13.8. The molecule has 4 aromatic rings. The third kappa shape index (κ3) is 6.16. The summed E-state index contributed by atoms with van der Waals surface area (Å²) in [7, 11) is -4.19. The van der Waals surface area contributed by atoms with E-state index < -0.39 is 10.3 Å². The predicted octanol–water partition coefficient (Wildman–Crippen LogP) is 4.95. The molecule has 0 atom stereocenters. The van der Waals surface area contributed by atoms with Gasteiger partial charge in [0.2, 0.25) is 0 Å². The van der Waals surface area contributed by atoms with E-state index in [0.29, 0.717) is 38.4 Å². The van der Waals surface area contributed by atoms with E-state index in [4.69, 9.17) is 14.1 Å². The molecule has 0 saturated carbocycles. The molecule has 10 heteroatoms. The molecule has 2 heterocycles. The molecule has 1 aliphatic heterocycles. The Balaban J connectivity index is 1.42. The Morgan fingerprint density at radius 2 is 1.63 bits per heavy atom. The number of phenolic OH excluding ortho intramolecular Hbond substituents is 1. The molecular formula is C28H28N2O6S2. The molecule has 0 aliphatic carbocycles. The lowest BCUT2D eigenvalue weighted by Crippen LogP contribution is -2.33. The van der Waals surface area contributed by atoms with Gasteiger partial charge >= 0.3 is 10.3 Å². The van der Waals surface area contributed by atoms with E-state index in [0.717, 1.165) is 25.2 Å². The van der Waals surface area contributed by atoms with Gasteiger partial charge in [0, 0.05) is 32.6 Å².